The minimum atomic E-state index is -1.02. The van der Waals surface area contributed by atoms with E-state index in [1.807, 2.05) is 20.8 Å². The van der Waals surface area contributed by atoms with E-state index in [1.165, 1.54) is 0 Å². The van der Waals surface area contributed by atoms with Crippen LogP contribution in [0.2, 0.25) is 0 Å². The van der Waals surface area contributed by atoms with Crippen LogP contribution in [0.1, 0.15) is 32.5 Å². The summed E-state index contributed by atoms with van der Waals surface area (Å²) in [5, 5.41) is 12.0. The number of ether oxygens (including phenoxy) is 1. The predicted molar refractivity (Wildman–Crippen MR) is 50.3 cm³/mol. The lowest BCUT2D eigenvalue weighted by molar-refractivity contribution is -0.142. The zero-order chi connectivity index (χ0) is 11.5. The molecule has 15 heavy (non-hydrogen) atoms. The van der Waals surface area contributed by atoms with Crippen LogP contribution in [0, 0.1) is 0 Å². The van der Waals surface area contributed by atoms with E-state index in [1.54, 1.807) is 0 Å². The maximum atomic E-state index is 10.2. The number of carbonyl (C=O) groups is 1. The van der Waals surface area contributed by atoms with Crippen LogP contribution < -0.4 is 0 Å². The van der Waals surface area contributed by atoms with Crippen molar-refractivity contribution in [3.05, 3.63) is 11.7 Å². The monoisotopic (exact) mass is 214 g/mol. The quantitative estimate of drug-likeness (QED) is 0.803. The van der Waals surface area contributed by atoms with Crippen molar-refractivity contribution in [1.82, 2.24) is 10.1 Å². The lowest BCUT2D eigenvalue weighted by Gasteiger charge is -2.10. The molecule has 0 aliphatic carbocycles. The molecule has 0 aliphatic rings. The standard InChI is InChI=1S/C9H14N2O4/c1-9(2,3)8-10-6(11-15-8)4-14-5-7(12)13/h4-5H2,1-3H3,(H,12,13). The van der Waals surface area contributed by atoms with E-state index in [0.29, 0.717) is 11.7 Å². The smallest absolute Gasteiger partial charge is 0.329 e. The van der Waals surface area contributed by atoms with Gasteiger partial charge in [-0.25, -0.2) is 4.79 Å². The van der Waals surface area contributed by atoms with Gasteiger partial charge in [-0.1, -0.05) is 25.9 Å². The molecule has 1 aromatic rings. The number of hydrogen-bond acceptors (Lipinski definition) is 5. The van der Waals surface area contributed by atoms with Crippen molar-refractivity contribution < 1.29 is 19.2 Å². The highest BCUT2D eigenvalue weighted by Crippen LogP contribution is 2.19. The highest BCUT2D eigenvalue weighted by atomic mass is 16.5. The number of nitrogens with zero attached hydrogens (tertiary/aromatic N) is 2. The molecule has 6 nitrogen and oxygen atoms in total. The Morgan fingerprint density at radius 1 is 1.53 bits per heavy atom. The van der Waals surface area contributed by atoms with E-state index in [4.69, 9.17) is 14.4 Å². The van der Waals surface area contributed by atoms with Gasteiger partial charge in [0.15, 0.2) is 5.82 Å². The van der Waals surface area contributed by atoms with Crippen molar-refractivity contribution in [2.24, 2.45) is 0 Å². The predicted octanol–water partition coefficient (Wildman–Crippen LogP) is 0.968. The third-order valence-corrected chi connectivity index (χ3v) is 1.57. The summed E-state index contributed by atoms with van der Waals surface area (Å²) in [6.07, 6.45) is 0. The van der Waals surface area contributed by atoms with Gasteiger partial charge in [-0.05, 0) is 0 Å². The Kier molecular flexibility index (Phi) is 3.41. The van der Waals surface area contributed by atoms with E-state index in [9.17, 15) is 4.79 Å². The third-order valence-electron chi connectivity index (χ3n) is 1.57. The number of carboxylic acid groups (broad SMARTS) is 1. The maximum absolute atomic E-state index is 10.2. The zero-order valence-electron chi connectivity index (χ0n) is 8.98. The lowest BCUT2D eigenvalue weighted by Crippen LogP contribution is -2.12. The van der Waals surface area contributed by atoms with Crippen molar-refractivity contribution in [2.45, 2.75) is 32.8 Å². The molecule has 1 heterocycles. The maximum Gasteiger partial charge on any atom is 0.329 e. The zero-order valence-corrected chi connectivity index (χ0v) is 8.98. The van der Waals surface area contributed by atoms with Crippen LogP contribution in [-0.2, 0) is 21.6 Å². The van der Waals surface area contributed by atoms with Crippen LogP contribution in [0.3, 0.4) is 0 Å². The van der Waals surface area contributed by atoms with E-state index < -0.39 is 5.97 Å². The second kappa shape index (κ2) is 4.39. The van der Waals surface area contributed by atoms with Crippen molar-refractivity contribution in [2.75, 3.05) is 6.61 Å². The van der Waals surface area contributed by atoms with E-state index in [0.717, 1.165) is 0 Å². The first-order valence-electron chi connectivity index (χ1n) is 4.52. The normalized spacial score (nSPS) is 11.7. The fourth-order valence-corrected chi connectivity index (χ4v) is 0.847. The molecule has 1 rings (SSSR count). The van der Waals surface area contributed by atoms with Gasteiger partial charge in [0.05, 0.1) is 0 Å². The Hall–Kier alpha value is -1.43. The second-order valence-electron chi connectivity index (χ2n) is 4.15. The van der Waals surface area contributed by atoms with Crippen LogP contribution >= 0.6 is 0 Å². The Bertz CT molecular complexity index is 340. The molecule has 1 N–H and O–H groups in total. The SMILES string of the molecule is CC(C)(C)c1nc(COCC(=O)O)no1. The van der Waals surface area contributed by atoms with Crippen LogP contribution in [-0.4, -0.2) is 27.8 Å². The molecule has 0 saturated heterocycles. The number of hydrogen-bond donors (Lipinski definition) is 1. The van der Waals surface area contributed by atoms with Crippen LogP contribution in [0.5, 0.6) is 0 Å². The van der Waals surface area contributed by atoms with Crippen molar-refractivity contribution in [1.29, 1.82) is 0 Å². The lowest BCUT2D eigenvalue weighted by atomic mass is 9.97. The summed E-state index contributed by atoms with van der Waals surface area (Å²) in [7, 11) is 0. The largest absolute Gasteiger partial charge is 0.480 e. The first-order valence-corrected chi connectivity index (χ1v) is 4.52. The van der Waals surface area contributed by atoms with Gasteiger partial charge in [-0.3, -0.25) is 0 Å². The molecule has 0 aliphatic heterocycles. The molecule has 0 radical (unpaired) electrons. The fourth-order valence-electron chi connectivity index (χ4n) is 0.847. The Balaban J connectivity index is 2.50. The molecule has 0 saturated carbocycles. The summed E-state index contributed by atoms with van der Waals surface area (Å²) in [5.41, 5.74) is -0.210. The highest BCUT2D eigenvalue weighted by molar-refractivity contribution is 5.67. The summed E-state index contributed by atoms with van der Waals surface area (Å²) in [6, 6.07) is 0. The van der Waals surface area contributed by atoms with Crippen LogP contribution in [0.15, 0.2) is 4.52 Å². The summed E-state index contributed by atoms with van der Waals surface area (Å²) in [6.45, 7) is 5.53. The van der Waals surface area contributed by atoms with Crippen molar-refractivity contribution in [3.63, 3.8) is 0 Å². The molecule has 0 fully saturated rings. The molecule has 0 spiro atoms. The first-order chi connectivity index (χ1) is 6.89. The molecule has 0 bridgehead atoms. The molecule has 1 aromatic heterocycles. The van der Waals surface area contributed by atoms with Gasteiger partial charge in [-0.2, -0.15) is 4.98 Å². The van der Waals surface area contributed by atoms with Crippen molar-refractivity contribution >= 4 is 5.97 Å². The molecule has 0 aromatic carbocycles. The minimum absolute atomic E-state index is 0.0475. The average molecular weight is 214 g/mol. The third kappa shape index (κ3) is 3.67. The Labute approximate surface area is 87.2 Å². The Morgan fingerprint density at radius 2 is 2.20 bits per heavy atom. The fraction of sp³-hybridized carbons (Fsp3) is 0.667. The molecule has 0 amide bonds. The van der Waals surface area contributed by atoms with E-state index >= 15 is 0 Å². The molecular formula is C9H14N2O4. The van der Waals surface area contributed by atoms with Gasteiger partial charge in [0.1, 0.15) is 13.2 Å². The van der Waals surface area contributed by atoms with Gasteiger partial charge in [0.25, 0.3) is 0 Å². The van der Waals surface area contributed by atoms with Gasteiger partial charge in [0.2, 0.25) is 5.89 Å². The van der Waals surface area contributed by atoms with Gasteiger partial charge in [-0.15, -0.1) is 0 Å². The van der Waals surface area contributed by atoms with Crippen LogP contribution in [0.4, 0.5) is 0 Å². The Morgan fingerprint density at radius 3 is 2.67 bits per heavy atom. The molecule has 0 atom stereocenters. The summed E-state index contributed by atoms with van der Waals surface area (Å²) in [5.74, 6) is -0.146. The number of aliphatic carboxylic acids is 1. The first kappa shape index (κ1) is 11.6. The molecule has 0 unspecified atom stereocenters. The van der Waals surface area contributed by atoms with Crippen LogP contribution in [0.25, 0.3) is 0 Å². The average Bonchev–Trinajstić information content (AvgIpc) is 2.51. The number of rotatable bonds is 4. The second-order valence-corrected chi connectivity index (χ2v) is 4.15. The topological polar surface area (TPSA) is 85.5 Å². The summed E-state index contributed by atoms with van der Waals surface area (Å²) in [4.78, 5) is 14.2. The molecular weight excluding hydrogens is 200 g/mol. The van der Waals surface area contributed by atoms with E-state index in [2.05, 4.69) is 10.1 Å². The van der Waals surface area contributed by atoms with Crippen molar-refractivity contribution in [3.8, 4) is 0 Å². The van der Waals surface area contributed by atoms with Gasteiger partial charge in [0, 0.05) is 5.41 Å². The minimum Gasteiger partial charge on any atom is -0.480 e. The van der Waals surface area contributed by atoms with Gasteiger partial charge < -0.3 is 14.4 Å². The summed E-state index contributed by atoms with van der Waals surface area (Å²) < 4.78 is 9.82. The van der Waals surface area contributed by atoms with E-state index in [-0.39, 0.29) is 18.6 Å². The number of aromatic nitrogens is 2. The molecule has 6 heteroatoms. The molecule has 84 valence electrons. The summed E-state index contributed by atoms with van der Waals surface area (Å²) >= 11 is 0. The highest BCUT2D eigenvalue weighted by Gasteiger charge is 2.21. The number of carboxylic acids is 1. The van der Waals surface area contributed by atoms with Gasteiger partial charge >= 0.3 is 5.97 Å².